The van der Waals surface area contributed by atoms with Gasteiger partial charge in [-0.25, -0.2) is 0 Å². The van der Waals surface area contributed by atoms with E-state index in [0.717, 1.165) is 12.2 Å². The smallest absolute Gasteiger partial charge is 0.122 e. The second-order valence-electron chi connectivity index (χ2n) is 8.98. The van der Waals surface area contributed by atoms with E-state index in [4.69, 9.17) is 43.0 Å². The van der Waals surface area contributed by atoms with E-state index in [1.165, 1.54) is 44.1 Å². The van der Waals surface area contributed by atoms with Crippen LogP contribution in [0.1, 0.15) is 51.0 Å². The number of aliphatic hydroxyl groups excluding tert-OH is 1. The lowest BCUT2D eigenvalue weighted by Crippen LogP contribution is -2.15. The van der Waals surface area contributed by atoms with Gasteiger partial charge in [0.05, 0.1) is 99.1 Å². The zero-order valence-electron chi connectivity index (χ0n) is 24.3. The standard InChI is InChI=1S/C30H54O9/c1-2-3-4-5-6-7-10-29-11-8-9-12-30(29)39-28-27-38-26-25-37-24-23-36-22-21-35-20-19-34-18-17-33-16-15-32-14-13-31/h8-9,11-12,31H,2-7,10,13-28H2,1H3. The third-order valence-corrected chi connectivity index (χ3v) is 5.73. The van der Waals surface area contributed by atoms with Gasteiger partial charge in [-0.15, -0.1) is 0 Å². The largest absolute Gasteiger partial charge is 0.491 e. The molecule has 0 aliphatic carbocycles. The molecule has 0 aliphatic rings. The summed E-state index contributed by atoms with van der Waals surface area (Å²) >= 11 is 0. The maximum Gasteiger partial charge on any atom is 0.122 e. The number of hydrogen-bond acceptors (Lipinski definition) is 9. The number of aryl methyl sites for hydroxylation is 1. The van der Waals surface area contributed by atoms with E-state index in [9.17, 15) is 0 Å². The van der Waals surface area contributed by atoms with Crippen molar-refractivity contribution in [3.05, 3.63) is 29.8 Å². The molecule has 0 amide bonds. The van der Waals surface area contributed by atoms with Crippen LogP contribution in [0.25, 0.3) is 0 Å². The molecule has 9 heteroatoms. The summed E-state index contributed by atoms with van der Waals surface area (Å²) in [5, 5.41) is 8.58. The summed E-state index contributed by atoms with van der Waals surface area (Å²) in [5.41, 5.74) is 1.29. The van der Waals surface area contributed by atoms with Gasteiger partial charge in [-0.3, -0.25) is 0 Å². The average Bonchev–Trinajstić information content (AvgIpc) is 2.96. The van der Waals surface area contributed by atoms with Crippen molar-refractivity contribution in [3.63, 3.8) is 0 Å². The zero-order chi connectivity index (χ0) is 27.9. The predicted molar refractivity (Wildman–Crippen MR) is 152 cm³/mol. The zero-order valence-corrected chi connectivity index (χ0v) is 24.3. The van der Waals surface area contributed by atoms with Crippen LogP contribution in [-0.4, -0.2) is 111 Å². The summed E-state index contributed by atoms with van der Waals surface area (Å²) in [7, 11) is 0. The summed E-state index contributed by atoms with van der Waals surface area (Å²) in [6, 6.07) is 8.32. The molecule has 0 saturated carbocycles. The third-order valence-electron chi connectivity index (χ3n) is 5.73. The van der Waals surface area contributed by atoms with Gasteiger partial charge in [0.2, 0.25) is 0 Å². The Hall–Kier alpha value is -1.30. The van der Waals surface area contributed by atoms with Crippen LogP contribution in [0.15, 0.2) is 24.3 Å². The molecule has 228 valence electrons. The van der Waals surface area contributed by atoms with E-state index in [1.54, 1.807) is 0 Å². The summed E-state index contributed by atoms with van der Waals surface area (Å²) < 4.78 is 43.9. The Morgan fingerprint density at radius 2 is 0.897 bits per heavy atom. The van der Waals surface area contributed by atoms with E-state index < -0.39 is 0 Å². The van der Waals surface area contributed by atoms with Crippen LogP contribution in [0.2, 0.25) is 0 Å². The first kappa shape index (κ1) is 35.7. The van der Waals surface area contributed by atoms with Crippen molar-refractivity contribution < 1.29 is 43.0 Å². The summed E-state index contributed by atoms with van der Waals surface area (Å²) in [6.07, 6.45) is 8.87. The van der Waals surface area contributed by atoms with Gasteiger partial charge in [0.25, 0.3) is 0 Å². The lowest BCUT2D eigenvalue weighted by Gasteiger charge is -2.12. The summed E-state index contributed by atoms with van der Waals surface area (Å²) in [5.74, 6) is 0.974. The molecule has 1 aromatic carbocycles. The van der Waals surface area contributed by atoms with Gasteiger partial charge in [-0.1, -0.05) is 57.2 Å². The first-order valence-electron chi connectivity index (χ1n) is 14.7. The molecule has 0 heterocycles. The number of ether oxygens (including phenoxy) is 8. The van der Waals surface area contributed by atoms with Gasteiger partial charge in [0.15, 0.2) is 0 Å². The second-order valence-corrected chi connectivity index (χ2v) is 8.98. The van der Waals surface area contributed by atoms with E-state index in [-0.39, 0.29) is 6.61 Å². The molecule has 0 spiro atoms. The lowest BCUT2D eigenvalue weighted by atomic mass is 10.0. The minimum atomic E-state index is 0.0319. The Bertz CT molecular complexity index is 618. The van der Waals surface area contributed by atoms with Gasteiger partial charge in [0.1, 0.15) is 12.4 Å². The van der Waals surface area contributed by atoms with Crippen LogP contribution < -0.4 is 4.74 Å². The minimum absolute atomic E-state index is 0.0319. The molecule has 0 aliphatic heterocycles. The molecular weight excluding hydrogens is 504 g/mol. The van der Waals surface area contributed by atoms with E-state index in [2.05, 4.69) is 19.1 Å². The molecule has 0 unspecified atom stereocenters. The topological polar surface area (TPSA) is 94.1 Å². The van der Waals surface area contributed by atoms with E-state index in [1.807, 2.05) is 12.1 Å². The van der Waals surface area contributed by atoms with Crippen molar-refractivity contribution in [2.45, 2.75) is 51.9 Å². The monoisotopic (exact) mass is 558 g/mol. The Morgan fingerprint density at radius 1 is 0.487 bits per heavy atom. The normalized spacial score (nSPS) is 11.3. The third kappa shape index (κ3) is 24.2. The fourth-order valence-electron chi connectivity index (χ4n) is 3.64. The molecule has 0 atom stereocenters. The molecular formula is C30H54O9. The highest BCUT2D eigenvalue weighted by Gasteiger charge is 2.03. The van der Waals surface area contributed by atoms with Gasteiger partial charge >= 0.3 is 0 Å². The lowest BCUT2D eigenvalue weighted by molar-refractivity contribution is -0.0221. The van der Waals surface area contributed by atoms with Crippen LogP contribution in [0.4, 0.5) is 0 Å². The number of hydrogen-bond donors (Lipinski definition) is 1. The van der Waals surface area contributed by atoms with Crippen molar-refractivity contribution in [2.75, 3.05) is 106 Å². The summed E-state index contributed by atoms with van der Waals surface area (Å²) in [6.45, 7) is 9.91. The Labute approximate surface area is 236 Å². The van der Waals surface area contributed by atoms with Crippen molar-refractivity contribution >= 4 is 0 Å². The Balaban J connectivity index is 1.81. The average molecular weight is 559 g/mol. The Kier molecular flexibility index (Phi) is 27.2. The molecule has 1 aromatic rings. The van der Waals surface area contributed by atoms with Gasteiger partial charge < -0.3 is 43.0 Å². The molecule has 0 radical (unpaired) electrons. The number of para-hydroxylation sites is 1. The minimum Gasteiger partial charge on any atom is -0.491 e. The molecule has 1 rings (SSSR count). The van der Waals surface area contributed by atoms with E-state index >= 15 is 0 Å². The maximum atomic E-state index is 8.58. The van der Waals surface area contributed by atoms with Crippen molar-refractivity contribution in [2.24, 2.45) is 0 Å². The number of aliphatic hydroxyl groups is 1. The number of rotatable bonds is 31. The molecule has 0 bridgehead atoms. The molecule has 39 heavy (non-hydrogen) atoms. The highest BCUT2D eigenvalue weighted by atomic mass is 16.6. The number of unbranched alkanes of at least 4 members (excludes halogenated alkanes) is 5. The first-order chi connectivity index (χ1) is 19.4. The quantitative estimate of drug-likeness (QED) is 0.135. The molecule has 0 saturated heterocycles. The molecule has 0 aromatic heterocycles. The SMILES string of the molecule is CCCCCCCCc1ccccc1OCCOCCOCCOCCOCCOCCOCCOCCO. The molecule has 0 fully saturated rings. The van der Waals surface area contributed by atoms with Crippen molar-refractivity contribution in [1.29, 1.82) is 0 Å². The van der Waals surface area contributed by atoms with Crippen LogP contribution in [0.5, 0.6) is 5.75 Å². The highest BCUT2D eigenvalue weighted by molar-refractivity contribution is 5.33. The van der Waals surface area contributed by atoms with Gasteiger partial charge in [-0.05, 0) is 24.5 Å². The predicted octanol–water partition coefficient (Wildman–Crippen LogP) is 4.08. The van der Waals surface area contributed by atoms with Crippen LogP contribution in [-0.2, 0) is 39.6 Å². The highest BCUT2D eigenvalue weighted by Crippen LogP contribution is 2.20. The Morgan fingerprint density at radius 3 is 1.38 bits per heavy atom. The van der Waals surface area contributed by atoms with Crippen LogP contribution in [0, 0.1) is 0 Å². The van der Waals surface area contributed by atoms with Crippen molar-refractivity contribution in [1.82, 2.24) is 0 Å². The van der Waals surface area contributed by atoms with Gasteiger partial charge in [0, 0.05) is 0 Å². The number of benzene rings is 1. The molecule has 1 N–H and O–H groups in total. The van der Waals surface area contributed by atoms with Crippen LogP contribution >= 0.6 is 0 Å². The first-order valence-corrected chi connectivity index (χ1v) is 14.7. The summed E-state index contributed by atoms with van der Waals surface area (Å²) in [4.78, 5) is 0. The second kappa shape index (κ2) is 29.7. The fraction of sp³-hybridized carbons (Fsp3) is 0.800. The molecule has 9 nitrogen and oxygen atoms in total. The van der Waals surface area contributed by atoms with Crippen LogP contribution in [0.3, 0.4) is 0 Å². The van der Waals surface area contributed by atoms with Gasteiger partial charge in [-0.2, -0.15) is 0 Å². The van der Waals surface area contributed by atoms with E-state index in [0.29, 0.717) is 99.1 Å². The maximum absolute atomic E-state index is 8.58. The van der Waals surface area contributed by atoms with Crippen molar-refractivity contribution in [3.8, 4) is 5.75 Å². The fourth-order valence-corrected chi connectivity index (χ4v) is 3.64.